The van der Waals surface area contributed by atoms with E-state index in [-0.39, 0.29) is 24.2 Å². The summed E-state index contributed by atoms with van der Waals surface area (Å²) in [5.74, 6) is -5.51. The molecule has 2 aromatic rings. The van der Waals surface area contributed by atoms with Gasteiger partial charge in [-0.3, -0.25) is 9.59 Å². The average Bonchev–Trinajstić information content (AvgIpc) is 2.61. The van der Waals surface area contributed by atoms with Crippen molar-refractivity contribution in [2.24, 2.45) is 5.92 Å². The second kappa shape index (κ2) is 8.28. The summed E-state index contributed by atoms with van der Waals surface area (Å²) < 4.78 is 69.2. The summed E-state index contributed by atoms with van der Waals surface area (Å²) in [6.07, 6.45) is -4.75. The molecule has 0 saturated carbocycles. The summed E-state index contributed by atoms with van der Waals surface area (Å²) >= 11 is 0. The predicted octanol–water partition coefficient (Wildman–Crippen LogP) is 4.59. The number of rotatable bonds is 6. The van der Waals surface area contributed by atoms with Gasteiger partial charge in [0.2, 0.25) is 0 Å². The van der Waals surface area contributed by atoms with E-state index >= 15 is 0 Å². The fourth-order valence-corrected chi connectivity index (χ4v) is 2.44. The maximum Gasteiger partial charge on any atom is 0.416 e. The number of ketones is 1. The average molecular weight is 386 g/mol. The van der Waals surface area contributed by atoms with E-state index in [1.165, 1.54) is 6.92 Å². The zero-order valence-corrected chi connectivity index (χ0v) is 14.1. The molecule has 144 valence electrons. The zero-order valence-electron chi connectivity index (χ0n) is 14.1. The highest BCUT2D eigenvalue weighted by Gasteiger charge is 2.32. The fraction of sp³-hybridized carbons (Fsp3) is 0.263. The Morgan fingerprint density at radius 1 is 1.00 bits per heavy atom. The molecule has 0 amide bonds. The molecule has 0 aliphatic carbocycles. The van der Waals surface area contributed by atoms with Crippen molar-refractivity contribution in [1.29, 1.82) is 0 Å². The van der Waals surface area contributed by atoms with E-state index in [4.69, 9.17) is 4.74 Å². The van der Waals surface area contributed by atoms with Crippen molar-refractivity contribution in [3.63, 3.8) is 0 Å². The van der Waals surface area contributed by atoms with Crippen molar-refractivity contribution in [2.75, 3.05) is 6.61 Å². The Balaban J connectivity index is 2.30. The highest BCUT2D eigenvalue weighted by Crippen LogP contribution is 2.29. The van der Waals surface area contributed by atoms with Crippen LogP contribution in [0.2, 0.25) is 0 Å². The number of Topliss-reactive ketones (excluding diaryl/α,β-unsaturated/α-hetero) is 1. The van der Waals surface area contributed by atoms with Crippen LogP contribution in [0.4, 0.5) is 22.0 Å². The van der Waals surface area contributed by atoms with E-state index in [1.54, 1.807) is 0 Å². The van der Waals surface area contributed by atoms with Crippen LogP contribution >= 0.6 is 0 Å². The summed E-state index contributed by atoms with van der Waals surface area (Å²) in [4.78, 5) is 24.7. The summed E-state index contributed by atoms with van der Waals surface area (Å²) in [5.41, 5.74) is -0.818. The van der Waals surface area contributed by atoms with E-state index in [0.717, 1.165) is 36.4 Å². The van der Waals surface area contributed by atoms with Crippen molar-refractivity contribution in [1.82, 2.24) is 0 Å². The number of halogens is 5. The molecule has 1 unspecified atom stereocenters. The number of ether oxygens (including phenoxy) is 1. The SMILES string of the molecule is CCOC(=O)C(Cc1ccc(C(F)(F)F)cc1)C(=O)c1ccc(F)c(F)c1. The monoisotopic (exact) mass is 386 g/mol. The molecule has 0 radical (unpaired) electrons. The van der Waals surface area contributed by atoms with Gasteiger partial charge in [-0.1, -0.05) is 12.1 Å². The van der Waals surface area contributed by atoms with Gasteiger partial charge in [-0.15, -0.1) is 0 Å². The lowest BCUT2D eigenvalue weighted by molar-refractivity contribution is -0.146. The van der Waals surface area contributed by atoms with Gasteiger partial charge >= 0.3 is 12.1 Å². The number of esters is 1. The Kier molecular flexibility index (Phi) is 6.30. The van der Waals surface area contributed by atoms with Gasteiger partial charge in [-0.2, -0.15) is 13.2 Å². The molecule has 0 aromatic heterocycles. The van der Waals surface area contributed by atoms with Crippen LogP contribution in [0.1, 0.15) is 28.4 Å². The Bertz CT molecular complexity index is 828. The third-order valence-electron chi connectivity index (χ3n) is 3.81. The van der Waals surface area contributed by atoms with Gasteiger partial charge in [0, 0.05) is 5.56 Å². The molecule has 0 aliphatic heterocycles. The van der Waals surface area contributed by atoms with Crippen LogP contribution in [-0.2, 0) is 22.1 Å². The third-order valence-corrected chi connectivity index (χ3v) is 3.81. The van der Waals surface area contributed by atoms with E-state index in [1.807, 2.05) is 0 Å². The molecule has 2 aromatic carbocycles. The molecule has 27 heavy (non-hydrogen) atoms. The highest BCUT2D eigenvalue weighted by atomic mass is 19.4. The lowest BCUT2D eigenvalue weighted by atomic mass is 9.91. The standard InChI is InChI=1S/C19H15F5O3/c1-2-27-18(26)14(17(25)12-5-8-15(20)16(21)10-12)9-11-3-6-13(7-4-11)19(22,23)24/h3-8,10,14H,2,9H2,1H3. The summed E-state index contributed by atoms with van der Waals surface area (Å²) in [7, 11) is 0. The van der Waals surface area contributed by atoms with Crippen LogP contribution in [0, 0.1) is 17.6 Å². The van der Waals surface area contributed by atoms with Crippen LogP contribution < -0.4 is 0 Å². The maximum atomic E-state index is 13.4. The lowest BCUT2D eigenvalue weighted by Gasteiger charge is -2.15. The van der Waals surface area contributed by atoms with E-state index in [0.29, 0.717) is 6.07 Å². The second-order valence-electron chi connectivity index (χ2n) is 5.70. The number of hydrogen-bond donors (Lipinski definition) is 0. The first kappa shape index (κ1) is 20.5. The van der Waals surface area contributed by atoms with Gasteiger partial charge < -0.3 is 4.74 Å². The largest absolute Gasteiger partial charge is 0.465 e. The van der Waals surface area contributed by atoms with Crippen molar-refractivity contribution in [2.45, 2.75) is 19.5 Å². The summed E-state index contributed by atoms with van der Waals surface area (Å²) in [6.45, 7) is 1.50. The topological polar surface area (TPSA) is 43.4 Å². The molecular formula is C19H15F5O3. The molecule has 0 bridgehead atoms. The van der Waals surface area contributed by atoms with Gasteiger partial charge in [-0.05, 0) is 49.2 Å². The minimum absolute atomic E-state index is 0.0204. The molecule has 0 N–H and O–H groups in total. The predicted molar refractivity (Wildman–Crippen MR) is 86.0 cm³/mol. The summed E-state index contributed by atoms with van der Waals surface area (Å²) in [5, 5.41) is 0. The number of carbonyl (C=O) groups excluding carboxylic acids is 2. The number of hydrogen-bond acceptors (Lipinski definition) is 3. The molecule has 0 fully saturated rings. The van der Waals surface area contributed by atoms with Crippen LogP contribution in [0.3, 0.4) is 0 Å². The van der Waals surface area contributed by atoms with Crippen LogP contribution in [0.25, 0.3) is 0 Å². The Morgan fingerprint density at radius 3 is 2.15 bits per heavy atom. The molecule has 3 nitrogen and oxygen atoms in total. The first-order chi connectivity index (χ1) is 12.6. The molecule has 0 heterocycles. The van der Waals surface area contributed by atoms with Crippen molar-refractivity contribution in [3.8, 4) is 0 Å². The Labute approximate surface area is 151 Å². The van der Waals surface area contributed by atoms with Crippen molar-refractivity contribution in [3.05, 3.63) is 70.8 Å². The summed E-state index contributed by atoms with van der Waals surface area (Å²) in [6, 6.07) is 6.40. The minimum atomic E-state index is -4.51. The first-order valence-corrected chi connectivity index (χ1v) is 7.95. The molecule has 1 atom stereocenters. The Hall–Kier alpha value is -2.77. The van der Waals surface area contributed by atoms with E-state index in [9.17, 15) is 31.5 Å². The number of benzene rings is 2. The van der Waals surface area contributed by atoms with Gasteiger partial charge in [0.1, 0.15) is 5.92 Å². The normalized spacial score (nSPS) is 12.5. The molecule has 0 saturated heterocycles. The third kappa shape index (κ3) is 5.12. The minimum Gasteiger partial charge on any atom is -0.465 e. The quantitative estimate of drug-likeness (QED) is 0.316. The molecule has 8 heteroatoms. The Morgan fingerprint density at radius 2 is 1.63 bits per heavy atom. The molecule has 2 rings (SSSR count). The lowest BCUT2D eigenvalue weighted by Crippen LogP contribution is -2.28. The van der Waals surface area contributed by atoms with E-state index < -0.39 is 41.0 Å². The number of carbonyl (C=O) groups is 2. The van der Waals surface area contributed by atoms with Gasteiger partial charge in [0.05, 0.1) is 12.2 Å². The fourth-order valence-electron chi connectivity index (χ4n) is 2.44. The van der Waals surface area contributed by atoms with Crippen LogP contribution in [-0.4, -0.2) is 18.4 Å². The first-order valence-electron chi connectivity index (χ1n) is 7.95. The van der Waals surface area contributed by atoms with Gasteiger partial charge in [0.25, 0.3) is 0 Å². The highest BCUT2D eigenvalue weighted by molar-refractivity contribution is 6.08. The van der Waals surface area contributed by atoms with Crippen LogP contribution in [0.15, 0.2) is 42.5 Å². The van der Waals surface area contributed by atoms with Crippen molar-refractivity contribution >= 4 is 11.8 Å². The maximum absolute atomic E-state index is 13.4. The second-order valence-corrected chi connectivity index (χ2v) is 5.70. The van der Waals surface area contributed by atoms with Crippen LogP contribution in [0.5, 0.6) is 0 Å². The smallest absolute Gasteiger partial charge is 0.416 e. The van der Waals surface area contributed by atoms with Crippen molar-refractivity contribution < 1.29 is 36.3 Å². The van der Waals surface area contributed by atoms with Gasteiger partial charge in [-0.25, -0.2) is 8.78 Å². The molecule has 0 spiro atoms. The zero-order chi connectivity index (χ0) is 20.2. The number of alkyl halides is 3. The molecular weight excluding hydrogens is 371 g/mol. The molecule has 0 aliphatic rings. The van der Waals surface area contributed by atoms with Gasteiger partial charge in [0.15, 0.2) is 17.4 Å². The van der Waals surface area contributed by atoms with E-state index in [2.05, 4.69) is 0 Å².